The molecule has 0 bridgehead atoms. The second kappa shape index (κ2) is 5.65. The van der Waals surface area contributed by atoms with Crippen LogP contribution in [-0.2, 0) is 9.53 Å². The third kappa shape index (κ3) is 5.33. The molecular formula is C13H18BrNO2. The first-order valence-corrected chi connectivity index (χ1v) is 6.27. The molecule has 0 unspecified atom stereocenters. The molecule has 1 amide bonds. The number of amides is 1. The minimum atomic E-state index is -0.304. The van der Waals surface area contributed by atoms with Crippen molar-refractivity contribution in [2.45, 2.75) is 33.3 Å². The Morgan fingerprint density at radius 1 is 1.41 bits per heavy atom. The average molecular weight is 300 g/mol. The second-order valence-electron chi connectivity index (χ2n) is 4.93. The molecule has 3 nitrogen and oxygen atoms in total. The van der Waals surface area contributed by atoms with Crippen molar-refractivity contribution in [3.63, 3.8) is 0 Å². The van der Waals surface area contributed by atoms with E-state index in [9.17, 15) is 4.79 Å². The number of aryl methyl sites for hydroxylation is 1. The van der Waals surface area contributed by atoms with Crippen molar-refractivity contribution in [1.82, 2.24) is 0 Å². The monoisotopic (exact) mass is 299 g/mol. The normalized spacial score (nSPS) is 11.4. The van der Waals surface area contributed by atoms with Gasteiger partial charge in [-0.25, -0.2) is 0 Å². The number of carbonyl (C=O) groups is 1. The molecule has 1 aromatic rings. The van der Waals surface area contributed by atoms with E-state index in [0.29, 0.717) is 0 Å². The number of ether oxygens (including phenoxy) is 1. The summed E-state index contributed by atoms with van der Waals surface area (Å²) in [6.07, 6.45) is 0. The molecule has 0 saturated carbocycles. The molecule has 0 aromatic heterocycles. The third-order valence-corrected chi connectivity index (χ3v) is 2.69. The predicted octanol–water partition coefficient (Wildman–Crippen LogP) is 3.51. The Hall–Kier alpha value is -0.870. The van der Waals surface area contributed by atoms with Crippen LogP contribution >= 0.6 is 15.9 Å². The fourth-order valence-electron chi connectivity index (χ4n) is 1.19. The summed E-state index contributed by atoms with van der Waals surface area (Å²) in [6.45, 7) is 7.81. The highest BCUT2D eigenvalue weighted by molar-refractivity contribution is 9.10. The number of rotatable bonds is 3. The van der Waals surface area contributed by atoms with Gasteiger partial charge in [-0.05, 0) is 61.3 Å². The Labute approximate surface area is 111 Å². The summed E-state index contributed by atoms with van der Waals surface area (Å²) >= 11 is 3.41. The number of hydrogen-bond acceptors (Lipinski definition) is 2. The standard InChI is InChI=1S/C13H18BrNO2/c1-9-5-6-11(10(14)7-9)15-12(16)8-17-13(2,3)4/h5-7H,8H2,1-4H3,(H,15,16). The van der Waals surface area contributed by atoms with Gasteiger partial charge in [0.05, 0.1) is 11.3 Å². The molecular weight excluding hydrogens is 282 g/mol. The molecule has 0 aliphatic carbocycles. The molecule has 94 valence electrons. The van der Waals surface area contributed by atoms with Gasteiger partial charge in [-0.3, -0.25) is 4.79 Å². The van der Waals surface area contributed by atoms with Crippen molar-refractivity contribution < 1.29 is 9.53 Å². The van der Waals surface area contributed by atoms with E-state index in [-0.39, 0.29) is 18.1 Å². The highest BCUT2D eigenvalue weighted by Gasteiger charge is 2.13. The number of carbonyl (C=O) groups excluding carboxylic acids is 1. The van der Waals surface area contributed by atoms with Crippen LogP contribution in [0.25, 0.3) is 0 Å². The Balaban J connectivity index is 2.57. The Kier molecular flexibility index (Phi) is 4.71. The molecule has 1 N–H and O–H groups in total. The second-order valence-corrected chi connectivity index (χ2v) is 5.79. The van der Waals surface area contributed by atoms with Crippen LogP contribution in [0.4, 0.5) is 5.69 Å². The summed E-state index contributed by atoms with van der Waals surface area (Å²) in [5.41, 5.74) is 1.60. The molecule has 0 saturated heterocycles. The fraction of sp³-hybridized carbons (Fsp3) is 0.462. The highest BCUT2D eigenvalue weighted by atomic mass is 79.9. The van der Waals surface area contributed by atoms with Crippen LogP contribution in [0.15, 0.2) is 22.7 Å². The van der Waals surface area contributed by atoms with Crippen LogP contribution in [0.3, 0.4) is 0 Å². The molecule has 0 radical (unpaired) electrons. The molecule has 0 aliphatic rings. The van der Waals surface area contributed by atoms with E-state index in [1.807, 2.05) is 45.9 Å². The summed E-state index contributed by atoms with van der Waals surface area (Å²) in [7, 11) is 0. The summed E-state index contributed by atoms with van der Waals surface area (Å²) in [5, 5.41) is 2.80. The number of halogens is 1. The lowest BCUT2D eigenvalue weighted by atomic mass is 10.2. The van der Waals surface area contributed by atoms with Gasteiger partial charge in [0, 0.05) is 4.47 Å². The summed E-state index contributed by atoms with van der Waals surface area (Å²) < 4.78 is 6.28. The molecule has 1 aromatic carbocycles. The molecule has 17 heavy (non-hydrogen) atoms. The molecule has 0 aliphatic heterocycles. The van der Waals surface area contributed by atoms with E-state index in [2.05, 4.69) is 21.2 Å². The lowest BCUT2D eigenvalue weighted by molar-refractivity contribution is -0.125. The van der Waals surface area contributed by atoms with Crippen molar-refractivity contribution in [3.05, 3.63) is 28.2 Å². The Bertz CT molecular complexity index is 410. The number of nitrogens with one attached hydrogen (secondary N) is 1. The van der Waals surface area contributed by atoms with Gasteiger partial charge in [0.2, 0.25) is 5.91 Å². The van der Waals surface area contributed by atoms with Crippen molar-refractivity contribution >= 4 is 27.5 Å². The van der Waals surface area contributed by atoms with Gasteiger partial charge < -0.3 is 10.1 Å². The summed E-state index contributed by atoms with van der Waals surface area (Å²) in [6, 6.07) is 5.78. The van der Waals surface area contributed by atoms with Crippen molar-refractivity contribution in [2.75, 3.05) is 11.9 Å². The smallest absolute Gasteiger partial charge is 0.250 e. The Morgan fingerprint density at radius 2 is 2.06 bits per heavy atom. The molecule has 0 heterocycles. The maximum absolute atomic E-state index is 11.6. The first kappa shape index (κ1) is 14.2. The van der Waals surface area contributed by atoms with E-state index < -0.39 is 0 Å². The topological polar surface area (TPSA) is 38.3 Å². The zero-order valence-electron chi connectivity index (χ0n) is 10.6. The van der Waals surface area contributed by atoms with Gasteiger partial charge in [0.25, 0.3) is 0 Å². The molecule has 0 atom stereocenters. The van der Waals surface area contributed by atoms with Crippen molar-refractivity contribution in [3.8, 4) is 0 Å². The highest BCUT2D eigenvalue weighted by Crippen LogP contribution is 2.23. The molecule has 4 heteroatoms. The van der Waals surface area contributed by atoms with Crippen molar-refractivity contribution in [1.29, 1.82) is 0 Å². The largest absolute Gasteiger partial charge is 0.366 e. The van der Waals surface area contributed by atoms with Crippen LogP contribution in [0, 0.1) is 6.92 Å². The average Bonchev–Trinajstić information content (AvgIpc) is 2.18. The van der Waals surface area contributed by atoms with Gasteiger partial charge in [-0.15, -0.1) is 0 Å². The summed E-state index contributed by atoms with van der Waals surface area (Å²) in [4.78, 5) is 11.6. The van der Waals surface area contributed by atoms with Gasteiger partial charge in [-0.1, -0.05) is 6.07 Å². The fourth-order valence-corrected chi connectivity index (χ4v) is 1.78. The van der Waals surface area contributed by atoms with E-state index in [4.69, 9.17) is 4.74 Å². The minimum Gasteiger partial charge on any atom is -0.366 e. The lowest BCUT2D eigenvalue weighted by Crippen LogP contribution is -2.27. The van der Waals surface area contributed by atoms with E-state index in [1.165, 1.54) is 0 Å². The first-order valence-electron chi connectivity index (χ1n) is 5.48. The van der Waals surface area contributed by atoms with E-state index in [1.54, 1.807) is 0 Å². The third-order valence-electron chi connectivity index (χ3n) is 2.03. The van der Waals surface area contributed by atoms with Gasteiger partial charge in [0.15, 0.2) is 0 Å². The van der Waals surface area contributed by atoms with Crippen LogP contribution < -0.4 is 5.32 Å². The maximum Gasteiger partial charge on any atom is 0.250 e. The lowest BCUT2D eigenvalue weighted by Gasteiger charge is -2.19. The predicted molar refractivity (Wildman–Crippen MR) is 73.2 cm³/mol. The summed E-state index contributed by atoms with van der Waals surface area (Å²) in [5.74, 6) is -0.149. The van der Waals surface area contributed by atoms with Crippen LogP contribution in [0.5, 0.6) is 0 Å². The van der Waals surface area contributed by atoms with Gasteiger partial charge >= 0.3 is 0 Å². The van der Waals surface area contributed by atoms with Crippen LogP contribution in [0.1, 0.15) is 26.3 Å². The van der Waals surface area contributed by atoms with Crippen LogP contribution in [0.2, 0.25) is 0 Å². The van der Waals surface area contributed by atoms with Gasteiger partial charge in [-0.2, -0.15) is 0 Å². The number of benzene rings is 1. The minimum absolute atomic E-state index is 0.0593. The SMILES string of the molecule is Cc1ccc(NC(=O)COC(C)(C)C)c(Br)c1. The Morgan fingerprint density at radius 3 is 2.59 bits per heavy atom. The molecule has 0 spiro atoms. The van der Waals surface area contributed by atoms with E-state index >= 15 is 0 Å². The molecule has 0 fully saturated rings. The van der Waals surface area contributed by atoms with Crippen molar-refractivity contribution in [2.24, 2.45) is 0 Å². The maximum atomic E-state index is 11.6. The van der Waals surface area contributed by atoms with E-state index in [0.717, 1.165) is 15.7 Å². The number of hydrogen-bond donors (Lipinski definition) is 1. The zero-order valence-corrected chi connectivity index (χ0v) is 12.2. The number of anilines is 1. The van der Waals surface area contributed by atoms with Crippen LogP contribution in [-0.4, -0.2) is 18.1 Å². The van der Waals surface area contributed by atoms with Gasteiger partial charge in [0.1, 0.15) is 6.61 Å². The first-order chi connectivity index (χ1) is 7.78. The zero-order chi connectivity index (χ0) is 13.1. The molecule has 1 rings (SSSR count). The quantitative estimate of drug-likeness (QED) is 0.927.